The standard InChI is InChI=1S/C23H24N4O3/c1-17(28)27-12-6-10-23(27,22(29)25-16-18-7-5-11-24-15-18)14-20-13-21(26-30-20)19-8-3-2-4-9-19/h2-5,7-9,11,13,15H,6,10,12,14,16H2,1H3,(H,25,29)/t23-/m1/s1. The number of likely N-dealkylation sites (tertiary alicyclic amines) is 1. The first-order chi connectivity index (χ1) is 14.6. The largest absolute Gasteiger partial charge is 0.361 e. The number of nitrogens with zero attached hydrogens (tertiary/aromatic N) is 3. The zero-order valence-corrected chi connectivity index (χ0v) is 16.9. The molecule has 0 aliphatic carbocycles. The SMILES string of the molecule is CC(=O)N1CCC[C@@]1(Cc1cc(-c2ccccc2)no1)C(=O)NCc1cccnc1. The summed E-state index contributed by atoms with van der Waals surface area (Å²) in [6.45, 7) is 2.41. The quantitative estimate of drug-likeness (QED) is 0.682. The summed E-state index contributed by atoms with van der Waals surface area (Å²) in [7, 11) is 0. The van der Waals surface area contributed by atoms with E-state index in [0.29, 0.717) is 31.0 Å². The molecule has 3 heterocycles. The molecule has 0 unspecified atom stereocenters. The second kappa shape index (κ2) is 8.49. The van der Waals surface area contributed by atoms with Crippen LogP contribution in [0.5, 0.6) is 0 Å². The van der Waals surface area contributed by atoms with Crippen molar-refractivity contribution in [1.29, 1.82) is 0 Å². The monoisotopic (exact) mass is 404 g/mol. The van der Waals surface area contributed by atoms with Crippen LogP contribution in [0, 0.1) is 0 Å². The van der Waals surface area contributed by atoms with Gasteiger partial charge in [-0.25, -0.2) is 0 Å². The molecule has 2 amide bonds. The fourth-order valence-corrected chi connectivity index (χ4v) is 4.12. The van der Waals surface area contributed by atoms with Crippen LogP contribution in [-0.4, -0.2) is 38.9 Å². The van der Waals surface area contributed by atoms with Crippen LogP contribution in [0.2, 0.25) is 0 Å². The summed E-state index contributed by atoms with van der Waals surface area (Å²) in [5.74, 6) is 0.280. The lowest BCUT2D eigenvalue weighted by Crippen LogP contribution is -2.58. The van der Waals surface area contributed by atoms with Gasteiger partial charge in [0, 0.05) is 50.5 Å². The number of benzene rings is 1. The number of carbonyl (C=O) groups is 2. The predicted octanol–water partition coefficient (Wildman–Crippen LogP) is 2.98. The second-order valence-electron chi connectivity index (χ2n) is 7.57. The number of pyridine rings is 1. The van der Waals surface area contributed by atoms with Crippen molar-refractivity contribution in [3.8, 4) is 11.3 Å². The van der Waals surface area contributed by atoms with Crippen molar-refractivity contribution < 1.29 is 14.1 Å². The Bertz CT molecular complexity index is 1020. The van der Waals surface area contributed by atoms with E-state index in [4.69, 9.17) is 4.52 Å². The summed E-state index contributed by atoms with van der Waals surface area (Å²) in [5.41, 5.74) is 1.57. The van der Waals surface area contributed by atoms with E-state index in [-0.39, 0.29) is 18.2 Å². The average molecular weight is 404 g/mol. The highest BCUT2D eigenvalue weighted by Gasteiger charge is 2.49. The third-order valence-electron chi connectivity index (χ3n) is 5.56. The van der Waals surface area contributed by atoms with E-state index < -0.39 is 5.54 Å². The van der Waals surface area contributed by atoms with Crippen LogP contribution in [0.3, 0.4) is 0 Å². The molecule has 1 atom stereocenters. The van der Waals surface area contributed by atoms with E-state index in [0.717, 1.165) is 17.5 Å². The molecule has 1 saturated heterocycles. The Kier molecular flexibility index (Phi) is 5.61. The van der Waals surface area contributed by atoms with Gasteiger partial charge < -0.3 is 14.7 Å². The number of amides is 2. The molecule has 30 heavy (non-hydrogen) atoms. The summed E-state index contributed by atoms with van der Waals surface area (Å²) in [5, 5.41) is 7.15. The highest BCUT2D eigenvalue weighted by Crippen LogP contribution is 2.34. The minimum Gasteiger partial charge on any atom is -0.361 e. The van der Waals surface area contributed by atoms with Gasteiger partial charge in [0.15, 0.2) is 0 Å². The lowest BCUT2D eigenvalue weighted by atomic mass is 9.89. The topological polar surface area (TPSA) is 88.3 Å². The van der Waals surface area contributed by atoms with Gasteiger partial charge >= 0.3 is 0 Å². The van der Waals surface area contributed by atoms with Crippen molar-refractivity contribution in [3.05, 3.63) is 72.2 Å². The summed E-state index contributed by atoms with van der Waals surface area (Å²) in [6.07, 6.45) is 5.03. The first-order valence-electron chi connectivity index (χ1n) is 10.0. The summed E-state index contributed by atoms with van der Waals surface area (Å²) >= 11 is 0. The lowest BCUT2D eigenvalue weighted by Gasteiger charge is -2.36. The maximum Gasteiger partial charge on any atom is 0.246 e. The van der Waals surface area contributed by atoms with Gasteiger partial charge in [-0.05, 0) is 24.5 Å². The van der Waals surface area contributed by atoms with Gasteiger partial charge in [0.25, 0.3) is 0 Å². The molecule has 1 aliphatic rings. The van der Waals surface area contributed by atoms with E-state index in [1.54, 1.807) is 17.3 Å². The van der Waals surface area contributed by atoms with Gasteiger partial charge in [-0.2, -0.15) is 0 Å². The molecule has 7 nitrogen and oxygen atoms in total. The predicted molar refractivity (Wildman–Crippen MR) is 111 cm³/mol. The molecule has 154 valence electrons. The van der Waals surface area contributed by atoms with E-state index in [9.17, 15) is 9.59 Å². The molecule has 1 fully saturated rings. The minimum atomic E-state index is -0.985. The molecular formula is C23H24N4O3. The normalized spacial score (nSPS) is 18.4. The number of carbonyl (C=O) groups excluding carboxylic acids is 2. The van der Waals surface area contributed by atoms with Gasteiger partial charge in [-0.3, -0.25) is 14.6 Å². The minimum absolute atomic E-state index is 0.119. The molecule has 1 aliphatic heterocycles. The number of nitrogens with one attached hydrogen (secondary N) is 1. The van der Waals surface area contributed by atoms with Crippen molar-refractivity contribution >= 4 is 11.8 Å². The molecule has 0 spiro atoms. The number of aromatic nitrogens is 2. The van der Waals surface area contributed by atoms with E-state index in [1.807, 2.05) is 48.5 Å². The van der Waals surface area contributed by atoms with E-state index in [1.165, 1.54) is 6.92 Å². The summed E-state index contributed by atoms with van der Waals surface area (Å²) in [6, 6.07) is 15.3. The molecule has 7 heteroatoms. The third-order valence-corrected chi connectivity index (χ3v) is 5.56. The fraction of sp³-hybridized carbons (Fsp3) is 0.304. The van der Waals surface area contributed by atoms with E-state index in [2.05, 4.69) is 15.5 Å². The summed E-state index contributed by atoms with van der Waals surface area (Å²) < 4.78 is 5.57. The van der Waals surface area contributed by atoms with Crippen LogP contribution in [0.25, 0.3) is 11.3 Å². The van der Waals surface area contributed by atoms with Gasteiger partial charge in [0.2, 0.25) is 11.8 Å². The van der Waals surface area contributed by atoms with Crippen LogP contribution < -0.4 is 5.32 Å². The maximum atomic E-state index is 13.3. The number of hydrogen-bond donors (Lipinski definition) is 1. The third kappa shape index (κ3) is 3.96. The summed E-state index contributed by atoms with van der Waals surface area (Å²) in [4.78, 5) is 31.4. The molecule has 4 rings (SSSR count). The maximum absolute atomic E-state index is 13.3. The zero-order valence-electron chi connectivity index (χ0n) is 16.9. The first-order valence-corrected chi connectivity index (χ1v) is 10.0. The van der Waals surface area contributed by atoms with Crippen molar-refractivity contribution in [2.75, 3.05) is 6.54 Å². The molecular weight excluding hydrogens is 380 g/mol. The Morgan fingerprint density at radius 3 is 2.77 bits per heavy atom. The highest BCUT2D eigenvalue weighted by molar-refractivity contribution is 5.91. The molecule has 1 N–H and O–H groups in total. The van der Waals surface area contributed by atoms with Gasteiger partial charge in [-0.1, -0.05) is 41.6 Å². The van der Waals surface area contributed by atoms with Crippen LogP contribution in [0.4, 0.5) is 0 Å². The van der Waals surface area contributed by atoms with Crippen molar-refractivity contribution in [2.24, 2.45) is 0 Å². The van der Waals surface area contributed by atoms with Gasteiger partial charge in [0.1, 0.15) is 17.0 Å². The fourth-order valence-electron chi connectivity index (χ4n) is 4.12. The second-order valence-corrected chi connectivity index (χ2v) is 7.57. The van der Waals surface area contributed by atoms with Crippen LogP contribution in [-0.2, 0) is 22.6 Å². The Labute approximate surface area is 175 Å². The highest BCUT2D eigenvalue weighted by atomic mass is 16.5. The average Bonchev–Trinajstić information content (AvgIpc) is 3.41. The Morgan fingerprint density at radius 2 is 2.03 bits per heavy atom. The lowest BCUT2D eigenvalue weighted by molar-refractivity contribution is -0.144. The number of hydrogen-bond acceptors (Lipinski definition) is 5. The molecule has 1 aromatic carbocycles. The Hall–Kier alpha value is -3.48. The molecule has 0 bridgehead atoms. The van der Waals surface area contributed by atoms with Crippen LogP contribution in [0.1, 0.15) is 31.1 Å². The Morgan fingerprint density at radius 1 is 1.20 bits per heavy atom. The first kappa shape index (κ1) is 19.8. The van der Waals surface area contributed by atoms with Crippen LogP contribution in [0.15, 0.2) is 65.4 Å². The van der Waals surface area contributed by atoms with Gasteiger partial charge in [0.05, 0.1) is 0 Å². The van der Waals surface area contributed by atoms with Crippen molar-refractivity contribution in [1.82, 2.24) is 20.4 Å². The molecule has 0 saturated carbocycles. The Balaban J connectivity index is 1.58. The smallest absolute Gasteiger partial charge is 0.246 e. The molecule has 2 aromatic heterocycles. The molecule has 3 aromatic rings. The van der Waals surface area contributed by atoms with Crippen molar-refractivity contribution in [2.45, 2.75) is 38.3 Å². The zero-order chi connectivity index (χ0) is 21.0. The van der Waals surface area contributed by atoms with Crippen LogP contribution >= 0.6 is 0 Å². The van der Waals surface area contributed by atoms with E-state index >= 15 is 0 Å². The van der Waals surface area contributed by atoms with Crippen molar-refractivity contribution in [3.63, 3.8) is 0 Å². The number of rotatable bonds is 6. The van der Waals surface area contributed by atoms with Gasteiger partial charge in [-0.15, -0.1) is 0 Å². The molecule has 0 radical (unpaired) electrons.